The van der Waals surface area contributed by atoms with E-state index in [0.29, 0.717) is 0 Å². The first-order chi connectivity index (χ1) is 7.34. The van der Waals surface area contributed by atoms with Crippen LogP contribution in [0.5, 0.6) is 0 Å². The van der Waals surface area contributed by atoms with Crippen molar-refractivity contribution in [1.82, 2.24) is 4.98 Å². The fourth-order valence-electron chi connectivity index (χ4n) is 1.20. The van der Waals surface area contributed by atoms with Gasteiger partial charge >= 0.3 is 12.1 Å². The van der Waals surface area contributed by atoms with E-state index in [0.717, 1.165) is 6.07 Å². The van der Waals surface area contributed by atoms with Crippen LogP contribution in [-0.4, -0.2) is 23.7 Å². The first kappa shape index (κ1) is 12.6. The molecule has 1 unspecified atom stereocenters. The zero-order valence-corrected chi connectivity index (χ0v) is 8.47. The van der Waals surface area contributed by atoms with Crippen molar-refractivity contribution in [2.45, 2.75) is 18.6 Å². The van der Waals surface area contributed by atoms with Crippen LogP contribution in [0.3, 0.4) is 0 Å². The Kier molecular flexibility index (Phi) is 3.27. The second-order valence-corrected chi connectivity index (χ2v) is 3.11. The lowest BCUT2D eigenvalue weighted by Gasteiger charge is -2.28. The van der Waals surface area contributed by atoms with Crippen molar-refractivity contribution in [3.8, 4) is 0 Å². The monoisotopic (exact) mass is 236 g/mol. The van der Waals surface area contributed by atoms with Crippen LogP contribution in [0.4, 0.5) is 13.2 Å². The van der Waals surface area contributed by atoms with Crippen LogP contribution >= 0.6 is 0 Å². The number of carbonyl (C=O) groups is 1. The maximum atomic E-state index is 12.8. The highest BCUT2D eigenvalue weighted by molar-refractivity contribution is 5.83. The SMILES string of the molecule is CCOC(=O)C(N)(c1ccc[nH]1)C(F)(F)F. The van der Waals surface area contributed by atoms with Gasteiger partial charge in [0, 0.05) is 6.20 Å². The Hall–Kier alpha value is -1.50. The molecule has 0 saturated heterocycles. The molecular weight excluding hydrogens is 225 g/mol. The van der Waals surface area contributed by atoms with E-state index in [1.54, 1.807) is 0 Å². The van der Waals surface area contributed by atoms with Gasteiger partial charge in [-0.2, -0.15) is 13.2 Å². The van der Waals surface area contributed by atoms with Crippen LogP contribution in [0.25, 0.3) is 0 Å². The first-order valence-electron chi connectivity index (χ1n) is 4.50. The highest BCUT2D eigenvalue weighted by Gasteiger charge is 2.61. The van der Waals surface area contributed by atoms with Gasteiger partial charge in [-0.3, -0.25) is 0 Å². The summed E-state index contributed by atoms with van der Waals surface area (Å²) in [7, 11) is 0. The maximum Gasteiger partial charge on any atom is 0.422 e. The molecule has 0 saturated carbocycles. The fraction of sp³-hybridized carbons (Fsp3) is 0.444. The van der Waals surface area contributed by atoms with E-state index in [4.69, 9.17) is 5.73 Å². The molecule has 0 aromatic carbocycles. The quantitative estimate of drug-likeness (QED) is 0.777. The summed E-state index contributed by atoms with van der Waals surface area (Å²) in [5.41, 5.74) is 1.55. The highest BCUT2D eigenvalue weighted by atomic mass is 19.4. The summed E-state index contributed by atoms with van der Waals surface area (Å²) in [6.45, 7) is 1.23. The van der Waals surface area contributed by atoms with Crippen molar-refractivity contribution in [2.75, 3.05) is 6.61 Å². The summed E-state index contributed by atoms with van der Waals surface area (Å²) in [5, 5.41) is 0. The Bertz CT molecular complexity index is 361. The second-order valence-electron chi connectivity index (χ2n) is 3.11. The molecule has 7 heteroatoms. The lowest BCUT2D eigenvalue weighted by molar-refractivity contribution is -0.209. The Balaban J connectivity index is 3.19. The van der Waals surface area contributed by atoms with Gasteiger partial charge in [0.2, 0.25) is 0 Å². The zero-order chi connectivity index (χ0) is 12.4. The van der Waals surface area contributed by atoms with E-state index in [1.165, 1.54) is 19.2 Å². The molecule has 0 bridgehead atoms. The van der Waals surface area contributed by atoms with Crippen LogP contribution in [-0.2, 0) is 15.1 Å². The van der Waals surface area contributed by atoms with Crippen molar-refractivity contribution in [3.63, 3.8) is 0 Å². The molecule has 16 heavy (non-hydrogen) atoms. The maximum absolute atomic E-state index is 12.8. The molecule has 3 N–H and O–H groups in total. The van der Waals surface area contributed by atoms with E-state index < -0.39 is 23.4 Å². The number of ether oxygens (including phenoxy) is 1. The molecule has 90 valence electrons. The second kappa shape index (κ2) is 4.17. The number of hydrogen-bond donors (Lipinski definition) is 2. The third-order valence-corrected chi connectivity index (χ3v) is 2.07. The standard InChI is InChI=1S/C9H11F3N2O2/c1-2-16-7(15)8(13,9(10,11)12)6-4-3-5-14-6/h3-5,14H,2,13H2,1H3. The molecule has 0 amide bonds. The van der Waals surface area contributed by atoms with Gasteiger partial charge in [0.15, 0.2) is 0 Å². The van der Waals surface area contributed by atoms with E-state index in [2.05, 4.69) is 9.72 Å². The summed E-state index contributed by atoms with van der Waals surface area (Å²) in [4.78, 5) is 13.6. The smallest absolute Gasteiger partial charge is 0.422 e. The molecule has 0 fully saturated rings. The van der Waals surface area contributed by atoms with Crippen LogP contribution < -0.4 is 5.73 Å². The van der Waals surface area contributed by atoms with Gasteiger partial charge in [-0.1, -0.05) is 0 Å². The topological polar surface area (TPSA) is 68.1 Å². The third-order valence-electron chi connectivity index (χ3n) is 2.07. The van der Waals surface area contributed by atoms with Gasteiger partial charge < -0.3 is 15.5 Å². The Morgan fingerprint density at radius 3 is 2.56 bits per heavy atom. The number of alkyl halides is 3. The van der Waals surface area contributed by atoms with Gasteiger partial charge in [0.05, 0.1) is 12.3 Å². The Labute approximate surface area is 89.6 Å². The largest absolute Gasteiger partial charge is 0.464 e. The summed E-state index contributed by atoms with van der Waals surface area (Å²) >= 11 is 0. The predicted molar refractivity (Wildman–Crippen MR) is 49.3 cm³/mol. The number of halogens is 3. The molecule has 0 aliphatic rings. The summed E-state index contributed by atoms with van der Waals surface area (Å²) in [5.74, 6) is -1.52. The minimum absolute atomic E-state index is 0.172. The van der Waals surface area contributed by atoms with Gasteiger partial charge in [-0.25, -0.2) is 4.79 Å². The van der Waals surface area contributed by atoms with E-state index in [9.17, 15) is 18.0 Å². The molecule has 0 spiro atoms. The van der Waals surface area contributed by atoms with Crippen molar-refractivity contribution >= 4 is 5.97 Å². The minimum Gasteiger partial charge on any atom is -0.464 e. The summed E-state index contributed by atoms with van der Waals surface area (Å²) < 4.78 is 42.7. The average molecular weight is 236 g/mol. The molecule has 1 rings (SSSR count). The molecule has 1 aromatic rings. The first-order valence-corrected chi connectivity index (χ1v) is 4.50. The van der Waals surface area contributed by atoms with Gasteiger partial charge in [0.25, 0.3) is 5.54 Å². The number of nitrogens with one attached hydrogen (secondary N) is 1. The van der Waals surface area contributed by atoms with Crippen molar-refractivity contribution < 1.29 is 22.7 Å². The number of nitrogens with two attached hydrogens (primary N) is 1. The summed E-state index contributed by atoms with van der Waals surface area (Å²) in [6, 6.07) is 2.41. The number of aromatic nitrogens is 1. The lowest BCUT2D eigenvalue weighted by atomic mass is 9.96. The molecule has 0 aliphatic heterocycles. The van der Waals surface area contributed by atoms with Crippen LogP contribution in [0.1, 0.15) is 12.6 Å². The molecular formula is C9H11F3N2O2. The van der Waals surface area contributed by atoms with Gasteiger partial charge in [-0.15, -0.1) is 0 Å². The lowest BCUT2D eigenvalue weighted by Crippen LogP contribution is -2.57. The molecule has 1 heterocycles. The van der Waals surface area contributed by atoms with Gasteiger partial charge in [0.1, 0.15) is 0 Å². The zero-order valence-electron chi connectivity index (χ0n) is 8.47. The Morgan fingerprint density at radius 1 is 1.56 bits per heavy atom. The number of esters is 1. The molecule has 1 aromatic heterocycles. The average Bonchev–Trinajstić information content (AvgIpc) is 2.67. The molecule has 0 radical (unpaired) electrons. The number of H-pyrrole nitrogens is 1. The van der Waals surface area contributed by atoms with E-state index >= 15 is 0 Å². The third kappa shape index (κ3) is 1.90. The van der Waals surface area contributed by atoms with Crippen LogP contribution in [0.2, 0.25) is 0 Å². The number of hydrogen-bond acceptors (Lipinski definition) is 3. The number of rotatable bonds is 3. The van der Waals surface area contributed by atoms with Crippen LogP contribution in [0, 0.1) is 0 Å². The van der Waals surface area contributed by atoms with E-state index in [-0.39, 0.29) is 6.61 Å². The Morgan fingerprint density at radius 2 is 2.19 bits per heavy atom. The fourth-order valence-corrected chi connectivity index (χ4v) is 1.20. The van der Waals surface area contributed by atoms with Crippen molar-refractivity contribution in [3.05, 3.63) is 24.0 Å². The van der Waals surface area contributed by atoms with Crippen LogP contribution in [0.15, 0.2) is 18.3 Å². The van der Waals surface area contributed by atoms with Crippen molar-refractivity contribution in [2.24, 2.45) is 5.73 Å². The minimum atomic E-state index is -4.93. The predicted octanol–water partition coefficient (Wildman–Crippen LogP) is 1.29. The molecule has 0 aliphatic carbocycles. The number of carbonyl (C=O) groups excluding carboxylic acids is 1. The normalized spacial score (nSPS) is 15.6. The van der Waals surface area contributed by atoms with E-state index in [1.807, 2.05) is 0 Å². The highest BCUT2D eigenvalue weighted by Crippen LogP contribution is 2.37. The number of aromatic amines is 1. The summed E-state index contributed by atoms with van der Waals surface area (Å²) in [6.07, 6.45) is -3.67. The van der Waals surface area contributed by atoms with Gasteiger partial charge in [-0.05, 0) is 19.1 Å². The molecule has 1 atom stereocenters. The van der Waals surface area contributed by atoms with Crippen molar-refractivity contribution in [1.29, 1.82) is 0 Å². The molecule has 4 nitrogen and oxygen atoms in total.